The van der Waals surface area contributed by atoms with Crippen LogP contribution in [0.2, 0.25) is 0 Å². The number of thioether (sulfide) groups is 1. The van der Waals surface area contributed by atoms with Gasteiger partial charge in [-0.15, -0.1) is 0 Å². The van der Waals surface area contributed by atoms with E-state index in [2.05, 4.69) is 25.9 Å². The fourth-order valence-electron chi connectivity index (χ4n) is 3.10. The van der Waals surface area contributed by atoms with Gasteiger partial charge in [0.15, 0.2) is 0 Å². The van der Waals surface area contributed by atoms with Crippen LogP contribution in [0.4, 0.5) is 0 Å². The molecule has 9 N–H and O–H groups in total. The number of primary amides is 1. The zero-order valence-corrected chi connectivity index (χ0v) is 20.9. The smallest absolute Gasteiger partial charge is 0.326 e. The number of carboxylic acids is 1. The Morgan fingerprint density at radius 1 is 1.06 bits per heavy atom. The molecule has 0 bridgehead atoms. The average Bonchev–Trinajstić information content (AvgIpc) is 3.29. The van der Waals surface area contributed by atoms with Crippen molar-refractivity contribution in [3.8, 4) is 0 Å². The molecule has 1 rings (SSSR count). The minimum atomic E-state index is -1.19. The van der Waals surface area contributed by atoms with Crippen molar-refractivity contribution >= 4 is 41.4 Å². The van der Waals surface area contributed by atoms with Gasteiger partial charge in [-0.25, -0.2) is 9.78 Å². The Morgan fingerprint density at radius 2 is 1.71 bits per heavy atom. The molecule has 0 fully saturated rings. The summed E-state index contributed by atoms with van der Waals surface area (Å²) in [6, 6.07) is -4.39. The quantitative estimate of drug-likeness (QED) is 0.136. The van der Waals surface area contributed by atoms with E-state index in [4.69, 9.17) is 11.5 Å². The number of hydrogen-bond acceptors (Lipinski definition) is 8. The van der Waals surface area contributed by atoms with Gasteiger partial charge in [0.25, 0.3) is 0 Å². The van der Waals surface area contributed by atoms with Crippen LogP contribution in [0.5, 0.6) is 0 Å². The Hall–Kier alpha value is -3.13. The van der Waals surface area contributed by atoms with Crippen LogP contribution in [-0.4, -0.2) is 80.8 Å². The second-order valence-electron chi connectivity index (χ2n) is 8.36. The van der Waals surface area contributed by atoms with Gasteiger partial charge in [0.05, 0.1) is 12.4 Å². The van der Waals surface area contributed by atoms with Crippen molar-refractivity contribution in [1.29, 1.82) is 0 Å². The molecule has 4 unspecified atom stereocenters. The van der Waals surface area contributed by atoms with E-state index in [0.29, 0.717) is 11.4 Å². The predicted octanol–water partition coefficient (Wildman–Crippen LogP) is -1.51. The summed E-state index contributed by atoms with van der Waals surface area (Å²) in [5.41, 5.74) is 11.8. The number of carboxylic acid groups (broad SMARTS) is 1. The molecule has 4 atom stereocenters. The molecule has 1 aromatic rings. The molecule has 0 spiro atoms. The summed E-state index contributed by atoms with van der Waals surface area (Å²) in [6.07, 6.45) is 4.82. The Bertz CT molecular complexity index is 864. The Balaban J connectivity index is 2.92. The van der Waals surface area contributed by atoms with Crippen LogP contribution < -0.4 is 27.4 Å². The average molecular weight is 514 g/mol. The molecule has 1 heterocycles. The molecule has 1 aromatic heterocycles. The predicted molar refractivity (Wildman–Crippen MR) is 130 cm³/mol. The van der Waals surface area contributed by atoms with Crippen LogP contribution in [-0.2, 0) is 30.4 Å². The standard InChI is InChI=1S/C21H35N7O6S/c1-11(2)17(20(32)27-15(21(33)34)6-7-35-3)28-19(31)14(4-5-16(23)29)26-18(30)13(22)8-12-9-24-10-25-12/h9-11,13-15,17H,4-8,22H2,1-3H3,(H2,23,29)(H,24,25)(H,26,30)(H,27,32)(H,28,31)(H,33,34). The van der Waals surface area contributed by atoms with Crippen molar-refractivity contribution < 1.29 is 29.1 Å². The maximum atomic E-state index is 13.0. The maximum Gasteiger partial charge on any atom is 0.326 e. The highest BCUT2D eigenvalue weighted by Gasteiger charge is 2.32. The van der Waals surface area contributed by atoms with Gasteiger partial charge in [-0.1, -0.05) is 13.8 Å². The number of imidazole rings is 1. The van der Waals surface area contributed by atoms with Gasteiger partial charge in [0.2, 0.25) is 23.6 Å². The van der Waals surface area contributed by atoms with Crippen molar-refractivity contribution in [1.82, 2.24) is 25.9 Å². The van der Waals surface area contributed by atoms with Gasteiger partial charge in [0.1, 0.15) is 18.1 Å². The number of hydrogen-bond donors (Lipinski definition) is 7. The van der Waals surface area contributed by atoms with Crippen molar-refractivity contribution in [3.63, 3.8) is 0 Å². The monoisotopic (exact) mass is 513 g/mol. The fourth-order valence-corrected chi connectivity index (χ4v) is 3.57. The summed E-state index contributed by atoms with van der Waals surface area (Å²) in [7, 11) is 0. The fraction of sp³-hybridized carbons (Fsp3) is 0.619. The number of aromatic nitrogens is 2. The lowest BCUT2D eigenvalue weighted by atomic mass is 10.0. The first kappa shape index (κ1) is 29.9. The zero-order valence-electron chi connectivity index (χ0n) is 20.1. The number of carbonyl (C=O) groups excluding carboxylic acids is 4. The summed E-state index contributed by atoms with van der Waals surface area (Å²) in [5, 5.41) is 16.9. The second-order valence-corrected chi connectivity index (χ2v) is 9.35. The zero-order chi connectivity index (χ0) is 26.5. The molecule has 14 heteroatoms. The third-order valence-corrected chi connectivity index (χ3v) is 5.76. The second kappa shape index (κ2) is 15.0. The Morgan fingerprint density at radius 3 is 2.23 bits per heavy atom. The molecule has 0 radical (unpaired) electrons. The molecule has 196 valence electrons. The minimum Gasteiger partial charge on any atom is -0.480 e. The molecule has 0 aromatic carbocycles. The lowest BCUT2D eigenvalue weighted by Crippen LogP contribution is -2.58. The number of carbonyl (C=O) groups is 5. The van der Waals surface area contributed by atoms with Gasteiger partial charge in [-0.3, -0.25) is 19.2 Å². The van der Waals surface area contributed by atoms with Crippen molar-refractivity contribution in [2.75, 3.05) is 12.0 Å². The summed E-state index contributed by atoms with van der Waals surface area (Å²) < 4.78 is 0. The van der Waals surface area contributed by atoms with Crippen LogP contribution in [0.25, 0.3) is 0 Å². The number of H-pyrrole nitrogens is 1. The van der Waals surface area contributed by atoms with E-state index in [1.165, 1.54) is 24.3 Å². The lowest BCUT2D eigenvalue weighted by Gasteiger charge is -2.27. The minimum absolute atomic E-state index is 0.110. The molecule has 0 saturated carbocycles. The van der Waals surface area contributed by atoms with E-state index >= 15 is 0 Å². The highest BCUT2D eigenvalue weighted by Crippen LogP contribution is 2.08. The third-order valence-electron chi connectivity index (χ3n) is 5.12. The number of aliphatic carboxylic acids is 1. The van der Waals surface area contributed by atoms with E-state index in [-0.39, 0.29) is 25.7 Å². The largest absolute Gasteiger partial charge is 0.480 e. The lowest BCUT2D eigenvalue weighted by molar-refractivity contribution is -0.142. The Kier molecular flexibility index (Phi) is 12.8. The molecule has 0 aliphatic rings. The first-order chi connectivity index (χ1) is 16.5. The van der Waals surface area contributed by atoms with Crippen LogP contribution >= 0.6 is 11.8 Å². The van der Waals surface area contributed by atoms with E-state index < -0.39 is 59.7 Å². The van der Waals surface area contributed by atoms with E-state index in [0.717, 1.165) is 0 Å². The SMILES string of the molecule is CSCCC(NC(=O)C(NC(=O)C(CCC(N)=O)NC(=O)C(N)Cc1cnc[nH]1)C(C)C)C(=O)O. The van der Waals surface area contributed by atoms with Crippen LogP contribution in [0.3, 0.4) is 0 Å². The number of aromatic amines is 1. The van der Waals surface area contributed by atoms with Gasteiger partial charge < -0.3 is 37.5 Å². The van der Waals surface area contributed by atoms with Crippen LogP contribution in [0.15, 0.2) is 12.5 Å². The van der Waals surface area contributed by atoms with Gasteiger partial charge in [-0.05, 0) is 30.8 Å². The summed E-state index contributed by atoms with van der Waals surface area (Å²) >= 11 is 1.44. The van der Waals surface area contributed by atoms with E-state index in [1.807, 2.05) is 6.26 Å². The first-order valence-corrected chi connectivity index (χ1v) is 12.5. The van der Waals surface area contributed by atoms with Crippen LogP contribution in [0.1, 0.15) is 38.8 Å². The van der Waals surface area contributed by atoms with Crippen molar-refractivity contribution in [3.05, 3.63) is 18.2 Å². The number of amides is 4. The topological polar surface area (TPSA) is 222 Å². The number of nitrogens with two attached hydrogens (primary N) is 2. The van der Waals surface area contributed by atoms with E-state index in [9.17, 15) is 29.1 Å². The molecule has 35 heavy (non-hydrogen) atoms. The molecule has 0 aliphatic heterocycles. The molecule has 13 nitrogen and oxygen atoms in total. The maximum absolute atomic E-state index is 13.0. The number of nitrogens with one attached hydrogen (secondary N) is 4. The third kappa shape index (κ3) is 10.8. The highest BCUT2D eigenvalue weighted by molar-refractivity contribution is 7.98. The number of nitrogens with zero attached hydrogens (tertiary/aromatic N) is 1. The van der Waals surface area contributed by atoms with Crippen molar-refractivity contribution in [2.45, 2.75) is 63.7 Å². The van der Waals surface area contributed by atoms with Gasteiger partial charge >= 0.3 is 5.97 Å². The van der Waals surface area contributed by atoms with E-state index in [1.54, 1.807) is 13.8 Å². The van der Waals surface area contributed by atoms with Crippen molar-refractivity contribution in [2.24, 2.45) is 17.4 Å². The summed E-state index contributed by atoms with van der Waals surface area (Å²) in [6.45, 7) is 3.36. The summed E-state index contributed by atoms with van der Waals surface area (Å²) in [5.74, 6) is -3.76. The van der Waals surface area contributed by atoms with Gasteiger partial charge in [0, 0.05) is 24.7 Å². The highest BCUT2D eigenvalue weighted by atomic mass is 32.2. The number of rotatable bonds is 16. The first-order valence-electron chi connectivity index (χ1n) is 11.1. The molecule has 0 saturated heterocycles. The normalized spacial score (nSPS) is 14.4. The van der Waals surface area contributed by atoms with Crippen LogP contribution in [0, 0.1) is 5.92 Å². The Labute approximate surface area is 207 Å². The summed E-state index contributed by atoms with van der Waals surface area (Å²) in [4.78, 5) is 67.9. The molecular formula is C21H35N7O6S. The van der Waals surface area contributed by atoms with Gasteiger partial charge in [-0.2, -0.15) is 11.8 Å². The molecule has 0 aliphatic carbocycles. The molecule has 4 amide bonds. The molecular weight excluding hydrogens is 478 g/mol.